The van der Waals surface area contributed by atoms with Crippen molar-refractivity contribution in [2.24, 2.45) is 0 Å². The molecule has 1 saturated carbocycles. The molecule has 2 aliphatic rings. The lowest BCUT2D eigenvalue weighted by atomic mass is 10.2. The molecule has 2 fully saturated rings. The van der Waals surface area contributed by atoms with Crippen molar-refractivity contribution in [1.82, 2.24) is 9.88 Å². The van der Waals surface area contributed by atoms with Crippen molar-refractivity contribution in [1.29, 1.82) is 0 Å². The molecule has 124 valence electrons. The van der Waals surface area contributed by atoms with Crippen LogP contribution in [0.25, 0.3) is 10.2 Å². The molecule has 4 rings (SSSR count). The lowest BCUT2D eigenvalue weighted by Crippen LogP contribution is -2.46. The van der Waals surface area contributed by atoms with Gasteiger partial charge >= 0.3 is 0 Å². The highest BCUT2D eigenvalue weighted by molar-refractivity contribution is 7.22. The van der Waals surface area contributed by atoms with Gasteiger partial charge in [0, 0.05) is 37.9 Å². The third-order valence-electron chi connectivity index (χ3n) is 5.24. The van der Waals surface area contributed by atoms with Crippen molar-refractivity contribution < 1.29 is 0 Å². The van der Waals surface area contributed by atoms with Gasteiger partial charge < -0.3 is 15.1 Å². The normalized spacial score (nSPS) is 20.5. The second-order valence-electron chi connectivity index (χ2n) is 6.72. The Morgan fingerprint density at radius 3 is 2.70 bits per heavy atom. The molecular formula is C18H26N4S. The summed E-state index contributed by atoms with van der Waals surface area (Å²) < 4.78 is 1.31. The summed E-state index contributed by atoms with van der Waals surface area (Å²) in [7, 11) is 0. The monoisotopic (exact) mass is 330 g/mol. The number of rotatable bonds is 4. The van der Waals surface area contributed by atoms with Gasteiger partial charge in [-0.1, -0.05) is 31.1 Å². The minimum absolute atomic E-state index is 0.636. The van der Waals surface area contributed by atoms with Crippen LogP contribution in [0.4, 0.5) is 10.8 Å². The number of hydrogen-bond donors (Lipinski definition) is 1. The molecule has 0 unspecified atom stereocenters. The number of aromatic nitrogens is 1. The molecule has 0 bridgehead atoms. The predicted octanol–water partition coefficient (Wildman–Crippen LogP) is 3.79. The van der Waals surface area contributed by atoms with Crippen molar-refractivity contribution in [3.8, 4) is 0 Å². The van der Waals surface area contributed by atoms with Gasteiger partial charge in [-0.25, -0.2) is 4.98 Å². The number of likely N-dealkylation sites (N-methyl/N-ethyl adjacent to an activating group) is 1. The van der Waals surface area contributed by atoms with Crippen molar-refractivity contribution in [2.45, 2.75) is 38.6 Å². The number of nitrogens with zero attached hydrogens (tertiary/aromatic N) is 3. The van der Waals surface area contributed by atoms with Crippen LogP contribution < -0.4 is 10.2 Å². The van der Waals surface area contributed by atoms with Gasteiger partial charge in [0.15, 0.2) is 5.13 Å². The molecule has 23 heavy (non-hydrogen) atoms. The van der Waals surface area contributed by atoms with E-state index < -0.39 is 0 Å². The molecule has 0 atom stereocenters. The van der Waals surface area contributed by atoms with Gasteiger partial charge in [0.1, 0.15) is 0 Å². The molecule has 1 N–H and O–H groups in total. The second-order valence-corrected chi connectivity index (χ2v) is 7.75. The van der Waals surface area contributed by atoms with E-state index in [0.29, 0.717) is 6.04 Å². The van der Waals surface area contributed by atoms with Gasteiger partial charge in [-0.2, -0.15) is 0 Å². The van der Waals surface area contributed by atoms with Gasteiger partial charge in [0.25, 0.3) is 0 Å². The van der Waals surface area contributed by atoms with Crippen molar-refractivity contribution >= 4 is 32.4 Å². The summed E-state index contributed by atoms with van der Waals surface area (Å²) in [5.41, 5.74) is 2.48. The molecule has 1 aliphatic carbocycles. The topological polar surface area (TPSA) is 31.4 Å². The molecule has 0 spiro atoms. The molecule has 1 aliphatic heterocycles. The van der Waals surface area contributed by atoms with Gasteiger partial charge in [-0.3, -0.25) is 0 Å². The maximum absolute atomic E-state index is 4.77. The van der Waals surface area contributed by atoms with Crippen LogP contribution in [0, 0.1) is 0 Å². The van der Waals surface area contributed by atoms with E-state index in [1.807, 2.05) is 11.3 Å². The number of hydrogen-bond acceptors (Lipinski definition) is 5. The Balaban J connectivity index is 1.49. The van der Waals surface area contributed by atoms with Crippen LogP contribution in [0.3, 0.4) is 0 Å². The summed E-state index contributed by atoms with van der Waals surface area (Å²) in [6, 6.07) is 7.39. The Kier molecular flexibility index (Phi) is 4.40. The highest BCUT2D eigenvalue weighted by Gasteiger charge is 2.18. The van der Waals surface area contributed by atoms with E-state index in [0.717, 1.165) is 30.3 Å². The van der Waals surface area contributed by atoms with Crippen molar-refractivity contribution in [3.05, 3.63) is 18.2 Å². The van der Waals surface area contributed by atoms with E-state index >= 15 is 0 Å². The Bertz CT molecular complexity index is 654. The van der Waals surface area contributed by atoms with Gasteiger partial charge in [-0.15, -0.1) is 0 Å². The molecular weight excluding hydrogens is 304 g/mol. The molecule has 0 radical (unpaired) electrons. The van der Waals surface area contributed by atoms with Crippen LogP contribution >= 0.6 is 11.3 Å². The smallest absolute Gasteiger partial charge is 0.184 e. The molecule has 2 heterocycles. The maximum atomic E-state index is 4.77. The van der Waals surface area contributed by atoms with Crippen LogP contribution in [0.2, 0.25) is 0 Å². The van der Waals surface area contributed by atoms with Crippen molar-refractivity contribution in [2.75, 3.05) is 42.9 Å². The highest BCUT2D eigenvalue weighted by atomic mass is 32.1. The number of benzene rings is 1. The summed E-state index contributed by atoms with van der Waals surface area (Å²) in [4.78, 5) is 9.80. The standard InChI is InChI=1S/C18H26N4S/c1-2-21-9-11-22(12-10-21)15-7-8-16-17(13-15)23-18(20-16)19-14-5-3-4-6-14/h7-8,13-14H,2-6,9-12H2,1H3,(H,19,20). The number of anilines is 2. The van der Waals surface area contributed by atoms with E-state index in [-0.39, 0.29) is 0 Å². The Morgan fingerprint density at radius 1 is 1.17 bits per heavy atom. The maximum Gasteiger partial charge on any atom is 0.184 e. The fraction of sp³-hybridized carbons (Fsp3) is 0.611. The van der Waals surface area contributed by atoms with Crippen LogP contribution in [0.1, 0.15) is 32.6 Å². The first-order chi connectivity index (χ1) is 11.3. The number of nitrogens with one attached hydrogen (secondary N) is 1. The van der Waals surface area contributed by atoms with Crippen LogP contribution in [-0.2, 0) is 0 Å². The average Bonchev–Trinajstić information content (AvgIpc) is 3.23. The first kappa shape index (κ1) is 15.2. The first-order valence-corrected chi connectivity index (χ1v) is 9.78. The summed E-state index contributed by atoms with van der Waals surface area (Å²) in [6.45, 7) is 8.02. The van der Waals surface area contributed by atoms with E-state index in [9.17, 15) is 0 Å². The minimum Gasteiger partial charge on any atom is -0.369 e. The SMILES string of the molecule is CCN1CCN(c2ccc3nc(NC4CCCC4)sc3c2)CC1. The fourth-order valence-electron chi connectivity index (χ4n) is 3.74. The van der Waals surface area contributed by atoms with Crippen molar-refractivity contribution in [3.63, 3.8) is 0 Å². The third-order valence-corrected chi connectivity index (χ3v) is 6.19. The van der Waals surface area contributed by atoms with Crippen LogP contribution in [-0.4, -0.2) is 48.6 Å². The first-order valence-electron chi connectivity index (χ1n) is 8.96. The lowest BCUT2D eigenvalue weighted by Gasteiger charge is -2.35. The van der Waals surface area contributed by atoms with E-state index in [2.05, 4.69) is 40.2 Å². The minimum atomic E-state index is 0.636. The predicted molar refractivity (Wildman–Crippen MR) is 99.8 cm³/mol. The fourth-order valence-corrected chi connectivity index (χ4v) is 4.71. The van der Waals surface area contributed by atoms with Crippen LogP contribution in [0.15, 0.2) is 18.2 Å². The van der Waals surface area contributed by atoms with Crippen LogP contribution in [0.5, 0.6) is 0 Å². The Hall–Kier alpha value is -1.33. The zero-order valence-electron chi connectivity index (χ0n) is 13.9. The zero-order chi connectivity index (χ0) is 15.6. The van der Waals surface area contributed by atoms with Gasteiger partial charge in [0.2, 0.25) is 0 Å². The largest absolute Gasteiger partial charge is 0.369 e. The molecule has 1 aromatic heterocycles. The Labute approximate surface area is 142 Å². The zero-order valence-corrected chi connectivity index (χ0v) is 14.7. The summed E-state index contributed by atoms with van der Waals surface area (Å²) in [6.07, 6.45) is 5.30. The number of piperazine rings is 1. The molecule has 0 amide bonds. The molecule has 5 heteroatoms. The van der Waals surface area contributed by atoms with Gasteiger partial charge in [-0.05, 0) is 37.6 Å². The Morgan fingerprint density at radius 2 is 1.96 bits per heavy atom. The second kappa shape index (κ2) is 6.65. The van der Waals surface area contributed by atoms with Gasteiger partial charge in [0.05, 0.1) is 10.2 Å². The summed E-state index contributed by atoms with van der Waals surface area (Å²) >= 11 is 1.81. The quantitative estimate of drug-likeness (QED) is 0.924. The molecule has 1 aromatic carbocycles. The molecule has 4 nitrogen and oxygen atoms in total. The number of fused-ring (bicyclic) bond motifs is 1. The average molecular weight is 331 g/mol. The van der Waals surface area contributed by atoms with E-state index in [1.165, 1.54) is 49.2 Å². The van der Waals surface area contributed by atoms with E-state index in [4.69, 9.17) is 4.98 Å². The summed E-state index contributed by atoms with van der Waals surface area (Å²) in [5.74, 6) is 0. The summed E-state index contributed by atoms with van der Waals surface area (Å²) in [5, 5.41) is 4.73. The molecule has 2 aromatic rings. The molecule has 1 saturated heterocycles. The van der Waals surface area contributed by atoms with E-state index in [1.54, 1.807) is 0 Å². The lowest BCUT2D eigenvalue weighted by molar-refractivity contribution is 0.271. The number of thiazole rings is 1. The highest BCUT2D eigenvalue weighted by Crippen LogP contribution is 2.32. The third kappa shape index (κ3) is 3.31.